The zero-order valence-corrected chi connectivity index (χ0v) is 20.7. The molecule has 1 aliphatic carbocycles. The number of methoxy groups -OCH3 is 2. The van der Waals surface area contributed by atoms with Crippen LogP contribution in [0.25, 0.3) is 22.4 Å². The molecule has 1 aliphatic rings. The second kappa shape index (κ2) is 10.1. The molecule has 0 aromatic carbocycles. The third-order valence-corrected chi connectivity index (χ3v) is 6.48. The molecule has 0 spiro atoms. The highest BCUT2D eigenvalue weighted by molar-refractivity contribution is 5.79. The smallest absolute Gasteiger partial charge is 0.222 e. The fourth-order valence-electron chi connectivity index (χ4n) is 4.27. The Kier molecular flexibility index (Phi) is 7.24. The van der Waals surface area contributed by atoms with Crippen molar-refractivity contribution in [2.24, 2.45) is 0 Å². The number of fused-ring (bicyclic) bond motifs is 1. The fraction of sp³-hybridized carbons (Fsp3) is 0.600. The van der Waals surface area contributed by atoms with Crippen LogP contribution in [0.2, 0.25) is 0 Å². The second-order valence-corrected chi connectivity index (χ2v) is 9.17. The predicted molar refractivity (Wildman–Crippen MR) is 130 cm³/mol. The molecule has 1 atom stereocenters. The average Bonchev–Trinajstić information content (AvgIpc) is 3.11. The molecule has 1 fully saturated rings. The van der Waals surface area contributed by atoms with E-state index in [2.05, 4.69) is 26.1 Å². The Hall–Kier alpha value is -2.58. The molecular formula is C25H36N6O2. The van der Waals surface area contributed by atoms with Crippen LogP contribution in [0.15, 0.2) is 12.1 Å². The number of rotatable bonds is 10. The van der Waals surface area contributed by atoms with Gasteiger partial charge in [-0.05, 0) is 44.2 Å². The first-order valence-corrected chi connectivity index (χ1v) is 12.0. The van der Waals surface area contributed by atoms with Crippen molar-refractivity contribution in [1.82, 2.24) is 30.0 Å². The summed E-state index contributed by atoms with van der Waals surface area (Å²) in [5, 5.41) is 8.50. The maximum Gasteiger partial charge on any atom is 0.222 e. The molecule has 8 nitrogen and oxygen atoms in total. The lowest BCUT2D eigenvalue weighted by molar-refractivity contribution is 0.145. The first-order valence-electron chi connectivity index (χ1n) is 12.0. The number of aromatic nitrogens is 5. The lowest BCUT2D eigenvalue weighted by Crippen LogP contribution is -2.40. The van der Waals surface area contributed by atoms with Crippen molar-refractivity contribution in [1.29, 1.82) is 0 Å². The van der Waals surface area contributed by atoms with Crippen molar-refractivity contribution in [3.8, 4) is 17.1 Å². The summed E-state index contributed by atoms with van der Waals surface area (Å²) in [5.74, 6) is 0.899. The van der Waals surface area contributed by atoms with Crippen LogP contribution in [0.4, 0.5) is 0 Å². The minimum atomic E-state index is 0.0539. The monoisotopic (exact) mass is 452 g/mol. The fourth-order valence-corrected chi connectivity index (χ4v) is 4.27. The van der Waals surface area contributed by atoms with Gasteiger partial charge in [-0.15, -0.1) is 0 Å². The van der Waals surface area contributed by atoms with Crippen molar-refractivity contribution in [3.63, 3.8) is 0 Å². The van der Waals surface area contributed by atoms with Gasteiger partial charge in [0.2, 0.25) is 5.88 Å². The highest BCUT2D eigenvalue weighted by Gasteiger charge is 2.25. The third-order valence-electron chi connectivity index (χ3n) is 6.48. The normalized spacial score (nSPS) is 15.2. The average molecular weight is 453 g/mol. The van der Waals surface area contributed by atoms with Gasteiger partial charge < -0.3 is 14.8 Å². The molecule has 0 saturated heterocycles. The summed E-state index contributed by atoms with van der Waals surface area (Å²) >= 11 is 0. The molecule has 0 bridgehead atoms. The molecular weight excluding hydrogens is 416 g/mol. The van der Waals surface area contributed by atoms with Crippen LogP contribution in [0.1, 0.15) is 69.1 Å². The summed E-state index contributed by atoms with van der Waals surface area (Å²) in [5.41, 5.74) is 6.04. The molecule has 8 heteroatoms. The Labute approximate surface area is 196 Å². The van der Waals surface area contributed by atoms with Crippen molar-refractivity contribution < 1.29 is 9.47 Å². The van der Waals surface area contributed by atoms with Gasteiger partial charge in [-0.1, -0.05) is 27.2 Å². The van der Waals surface area contributed by atoms with E-state index in [0.29, 0.717) is 24.4 Å². The van der Waals surface area contributed by atoms with E-state index in [-0.39, 0.29) is 6.04 Å². The number of aryl methyl sites for hydroxylation is 2. The highest BCUT2D eigenvalue weighted by atomic mass is 16.5. The standard InChI is InChI=1S/C25H36N6O2/c1-7-20-23(19-11-12-21(15(2)3)28-25(19)33-6)29-22-16(4)30-31(24(22)27-20)18(14-32-5)13-26-17-9-8-10-17/h11-12,15,17-18,26H,7-10,13-14H2,1-6H3. The summed E-state index contributed by atoms with van der Waals surface area (Å²) < 4.78 is 13.2. The van der Waals surface area contributed by atoms with Gasteiger partial charge in [-0.25, -0.2) is 19.6 Å². The molecule has 1 unspecified atom stereocenters. The third kappa shape index (κ3) is 4.73. The Morgan fingerprint density at radius 2 is 1.94 bits per heavy atom. The summed E-state index contributed by atoms with van der Waals surface area (Å²) in [7, 11) is 3.39. The van der Waals surface area contributed by atoms with Crippen molar-refractivity contribution in [3.05, 3.63) is 29.2 Å². The largest absolute Gasteiger partial charge is 0.480 e. The molecule has 4 rings (SSSR count). The molecule has 1 N–H and O–H groups in total. The van der Waals surface area contributed by atoms with Crippen molar-refractivity contribution >= 4 is 11.2 Å². The van der Waals surface area contributed by atoms with E-state index in [1.165, 1.54) is 19.3 Å². The molecule has 3 heterocycles. The number of hydrogen-bond acceptors (Lipinski definition) is 7. The van der Waals surface area contributed by atoms with Gasteiger partial charge >= 0.3 is 0 Å². The summed E-state index contributed by atoms with van der Waals surface area (Å²) in [6, 6.07) is 4.75. The van der Waals surface area contributed by atoms with Gasteiger partial charge in [-0.3, -0.25) is 0 Å². The van der Waals surface area contributed by atoms with Gasteiger partial charge in [0.25, 0.3) is 0 Å². The molecule has 3 aromatic heterocycles. The van der Waals surface area contributed by atoms with Gasteiger partial charge in [0.05, 0.1) is 42.4 Å². The lowest BCUT2D eigenvalue weighted by atomic mass is 9.93. The molecule has 0 radical (unpaired) electrons. The van der Waals surface area contributed by atoms with Crippen LogP contribution >= 0.6 is 0 Å². The van der Waals surface area contributed by atoms with E-state index >= 15 is 0 Å². The van der Waals surface area contributed by atoms with Crippen LogP contribution in [0.5, 0.6) is 5.88 Å². The second-order valence-electron chi connectivity index (χ2n) is 9.17. The van der Waals surface area contributed by atoms with Crippen LogP contribution < -0.4 is 10.1 Å². The summed E-state index contributed by atoms with van der Waals surface area (Å²) in [6.07, 6.45) is 4.54. The molecule has 3 aromatic rings. The number of ether oxygens (including phenoxy) is 2. The summed E-state index contributed by atoms with van der Waals surface area (Å²) in [6.45, 7) is 9.70. The van der Waals surface area contributed by atoms with E-state index < -0.39 is 0 Å². The van der Waals surface area contributed by atoms with E-state index in [0.717, 1.165) is 52.5 Å². The zero-order valence-electron chi connectivity index (χ0n) is 20.7. The highest BCUT2D eigenvalue weighted by Crippen LogP contribution is 2.33. The van der Waals surface area contributed by atoms with Crippen molar-refractivity contribution in [2.45, 2.75) is 71.4 Å². The summed E-state index contributed by atoms with van der Waals surface area (Å²) in [4.78, 5) is 14.8. The molecule has 33 heavy (non-hydrogen) atoms. The SMILES string of the molecule is CCc1nc2c(nc1-c1ccc(C(C)C)nc1OC)c(C)nn2C(CNC1CCC1)COC. The lowest BCUT2D eigenvalue weighted by Gasteiger charge is -2.29. The van der Waals surface area contributed by atoms with E-state index in [1.54, 1.807) is 14.2 Å². The van der Waals surface area contributed by atoms with Crippen LogP contribution in [0.3, 0.4) is 0 Å². The predicted octanol–water partition coefficient (Wildman–Crippen LogP) is 4.22. The molecule has 1 saturated carbocycles. The molecule has 178 valence electrons. The topological polar surface area (TPSA) is 87.0 Å². The maximum atomic E-state index is 5.65. The minimum Gasteiger partial charge on any atom is -0.480 e. The zero-order chi connectivity index (χ0) is 23.5. The van der Waals surface area contributed by atoms with Gasteiger partial charge in [0.15, 0.2) is 5.65 Å². The Bertz CT molecular complexity index is 1110. The quantitative estimate of drug-likeness (QED) is 0.493. The Balaban J connectivity index is 1.77. The van der Waals surface area contributed by atoms with Gasteiger partial charge in [-0.2, -0.15) is 5.10 Å². The Morgan fingerprint density at radius 3 is 2.55 bits per heavy atom. The number of pyridine rings is 1. The molecule has 0 aliphatic heterocycles. The van der Waals surface area contributed by atoms with Gasteiger partial charge in [0, 0.05) is 25.4 Å². The van der Waals surface area contributed by atoms with Gasteiger partial charge in [0.1, 0.15) is 5.52 Å². The number of nitrogens with zero attached hydrogens (tertiary/aromatic N) is 5. The minimum absolute atomic E-state index is 0.0539. The van der Waals surface area contributed by atoms with E-state index in [1.807, 2.05) is 23.7 Å². The Morgan fingerprint density at radius 1 is 1.15 bits per heavy atom. The van der Waals surface area contributed by atoms with Crippen LogP contribution in [-0.2, 0) is 11.2 Å². The first-order chi connectivity index (χ1) is 16.0. The molecule has 0 amide bonds. The number of nitrogens with one attached hydrogen (secondary N) is 1. The van der Waals surface area contributed by atoms with Crippen molar-refractivity contribution in [2.75, 3.05) is 27.4 Å². The van der Waals surface area contributed by atoms with E-state index in [4.69, 9.17) is 29.5 Å². The maximum absolute atomic E-state index is 5.65. The van der Waals surface area contributed by atoms with Crippen LogP contribution in [-0.4, -0.2) is 58.1 Å². The number of hydrogen-bond donors (Lipinski definition) is 1. The van der Waals surface area contributed by atoms with E-state index in [9.17, 15) is 0 Å². The first kappa shape index (κ1) is 23.6. The van der Waals surface area contributed by atoms with Crippen LogP contribution in [0, 0.1) is 6.92 Å².